The third-order valence-corrected chi connectivity index (χ3v) is 7.95. The van der Waals surface area contributed by atoms with Gasteiger partial charge in [0.05, 0.1) is 10.9 Å². The number of rotatable bonds is 9. The maximum atomic E-state index is 14.0. The number of hydrogen-bond acceptors (Lipinski definition) is 5. The molecular weight excluding hydrogens is 462 g/mol. The number of nitrogens with zero attached hydrogens (tertiary/aromatic N) is 3. The van der Waals surface area contributed by atoms with Crippen LogP contribution in [0.25, 0.3) is 0 Å². The fourth-order valence-electron chi connectivity index (χ4n) is 3.97. The summed E-state index contributed by atoms with van der Waals surface area (Å²) in [4.78, 5) is 17.0. The summed E-state index contributed by atoms with van der Waals surface area (Å²) in [6, 6.07) is 8.87. The zero-order valence-electron chi connectivity index (χ0n) is 19.8. The summed E-state index contributed by atoms with van der Waals surface area (Å²) in [6.45, 7) is 5.42. The minimum absolute atomic E-state index is 0.00276. The van der Waals surface area contributed by atoms with E-state index < -0.39 is 21.9 Å². The number of nitrogens with one attached hydrogen (secondary N) is 1. The average Bonchev–Trinajstić information content (AvgIpc) is 2.80. The molecule has 1 saturated heterocycles. The number of carbonyl (C=O) groups excluding carboxylic acids is 1. The highest BCUT2D eigenvalue weighted by Crippen LogP contribution is 2.28. The van der Waals surface area contributed by atoms with E-state index in [0.29, 0.717) is 12.0 Å². The number of halogens is 2. The van der Waals surface area contributed by atoms with Gasteiger partial charge in [-0.3, -0.25) is 4.79 Å². The molecule has 186 valence electrons. The van der Waals surface area contributed by atoms with Gasteiger partial charge in [-0.2, -0.15) is 0 Å². The van der Waals surface area contributed by atoms with Crippen LogP contribution in [0.2, 0.25) is 0 Å². The van der Waals surface area contributed by atoms with Gasteiger partial charge in [0.25, 0.3) is 0 Å². The number of hydrogen-bond donors (Lipinski definition) is 1. The highest BCUT2D eigenvalue weighted by atomic mass is 32.2. The quantitative estimate of drug-likeness (QED) is 0.580. The van der Waals surface area contributed by atoms with E-state index in [0.717, 1.165) is 48.3 Å². The fraction of sp³-hybridized carbons (Fsp3) is 0.458. The van der Waals surface area contributed by atoms with Crippen LogP contribution in [0.15, 0.2) is 47.4 Å². The Hall–Kier alpha value is -2.56. The number of sulfonamides is 1. The molecule has 2 aromatic carbocycles. The van der Waals surface area contributed by atoms with Crippen LogP contribution in [-0.2, 0) is 14.8 Å². The van der Waals surface area contributed by atoms with Crippen LogP contribution in [0.5, 0.6) is 0 Å². The Morgan fingerprint density at radius 1 is 1.06 bits per heavy atom. The molecule has 1 amide bonds. The summed E-state index contributed by atoms with van der Waals surface area (Å²) in [7, 11) is -0.274. The van der Waals surface area contributed by atoms with Gasteiger partial charge in [-0.1, -0.05) is 0 Å². The molecule has 0 saturated carbocycles. The first kappa shape index (κ1) is 26.1. The summed E-state index contributed by atoms with van der Waals surface area (Å²) < 4.78 is 53.4. The molecular formula is C24H32F2N4O3S. The van der Waals surface area contributed by atoms with Crippen LogP contribution >= 0.6 is 0 Å². The van der Waals surface area contributed by atoms with Crippen molar-refractivity contribution in [2.45, 2.75) is 30.7 Å². The van der Waals surface area contributed by atoms with Crippen LogP contribution in [0.3, 0.4) is 0 Å². The van der Waals surface area contributed by atoms with Gasteiger partial charge in [0.15, 0.2) is 0 Å². The number of piperazine rings is 1. The van der Waals surface area contributed by atoms with Crippen molar-refractivity contribution in [2.75, 3.05) is 51.7 Å². The first-order valence-corrected chi connectivity index (χ1v) is 12.8. The zero-order valence-corrected chi connectivity index (χ0v) is 20.6. The maximum absolute atomic E-state index is 14.0. The van der Waals surface area contributed by atoms with Gasteiger partial charge < -0.3 is 15.1 Å². The van der Waals surface area contributed by atoms with Crippen LogP contribution in [0.4, 0.5) is 14.5 Å². The lowest BCUT2D eigenvalue weighted by Gasteiger charge is -2.36. The molecule has 1 heterocycles. The van der Waals surface area contributed by atoms with Gasteiger partial charge in [0.2, 0.25) is 15.9 Å². The van der Waals surface area contributed by atoms with Crippen LogP contribution < -0.4 is 10.2 Å². The molecule has 7 nitrogen and oxygen atoms in total. The molecule has 1 aliphatic heterocycles. The second-order valence-corrected chi connectivity index (χ2v) is 10.7. The Bertz CT molecular complexity index is 1090. The molecule has 1 atom stereocenters. The van der Waals surface area contributed by atoms with E-state index in [9.17, 15) is 22.0 Å². The van der Waals surface area contributed by atoms with Gasteiger partial charge in [0.1, 0.15) is 11.6 Å². The summed E-state index contributed by atoms with van der Waals surface area (Å²) >= 11 is 0. The van der Waals surface area contributed by atoms with Gasteiger partial charge >= 0.3 is 0 Å². The number of anilines is 1. The van der Waals surface area contributed by atoms with E-state index in [1.807, 2.05) is 6.92 Å². The molecule has 1 N–H and O–H groups in total. The van der Waals surface area contributed by atoms with Crippen molar-refractivity contribution in [3.63, 3.8) is 0 Å². The molecule has 3 rings (SSSR count). The predicted molar refractivity (Wildman–Crippen MR) is 128 cm³/mol. The van der Waals surface area contributed by atoms with Crippen molar-refractivity contribution < 1.29 is 22.0 Å². The summed E-state index contributed by atoms with van der Waals surface area (Å²) in [5, 5.41) is 2.91. The molecule has 0 aliphatic carbocycles. The maximum Gasteiger partial charge on any atom is 0.242 e. The predicted octanol–water partition coefficient (Wildman–Crippen LogP) is 2.99. The number of carbonyl (C=O) groups is 1. The zero-order chi connectivity index (χ0) is 24.9. The molecule has 0 bridgehead atoms. The molecule has 1 aliphatic rings. The molecule has 10 heteroatoms. The van der Waals surface area contributed by atoms with E-state index in [1.54, 1.807) is 6.07 Å². The van der Waals surface area contributed by atoms with Gasteiger partial charge in [-0.05, 0) is 62.9 Å². The fourth-order valence-corrected chi connectivity index (χ4v) is 5.18. The van der Waals surface area contributed by atoms with Crippen LogP contribution in [-0.4, -0.2) is 70.3 Å². The Kier molecular flexibility index (Phi) is 8.62. The second kappa shape index (κ2) is 11.2. The number of benzene rings is 2. The van der Waals surface area contributed by atoms with Crippen molar-refractivity contribution in [3.05, 3.63) is 59.7 Å². The average molecular weight is 495 g/mol. The largest absolute Gasteiger partial charge is 0.369 e. The lowest BCUT2D eigenvalue weighted by atomic mass is 10.0. The third kappa shape index (κ3) is 6.52. The Labute approximate surface area is 200 Å². The number of likely N-dealkylation sites (N-methyl/N-ethyl adjacent to an activating group) is 1. The Morgan fingerprint density at radius 3 is 2.32 bits per heavy atom. The van der Waals surface area contributed by atoms with Crippen molar-refractivity contribution in [3.8, 4) is 0 Å². The summed E-state index contributed by atoms with van der Waals surface area (Å²) in [5.41, 5.74) is 1.63. The van der Waals surface area contributed by atoms with Crippen LogP contribution in [0, 0.1) is 11.6 Å². The van der Waals surface area contributed by atoms with Crippen LogP contribution in [0.1, 0.15) is 31.4 Å². The summed E-state index contributed by atoms with van der Waals surface area (Å²) in [5.74, 6) is -1.11. The smallest absolute Gasteiger partial charge is 0.242 e. The third-order valence-electron chi connectivity index (χ3n) is 6.08. The minimum atomic E-state index is -3.76. The molecule has 1 unspecified atom stereocenters. The summed E-state index contributed by atoms with van der Waals surface area (Å²) in [6.07, 6.45) is 0.427. The lowest BCUT2D eigenvalue weighted by Crippen LogP contribution is -2.45. The molecule has 0 aromatic heterocycles. The van der Waals surface area contributed by atoms with Crippen molar-refractivity contribution >= 4 is 21.6 Å². The van der Waals surface area contributed by atoms with Gasteiger partial charge in [-0.25, -0.2) is 21.5 Å². The second-order valence-electron chi connectivity index (χ2n) is 8.67. The van der Waals surface area contributed by atoms with E-state index in [4.69, 9.17) is 0 Å². The molecule has 0 spiro atoms. The van der Waals surface area contributed by atoms with Crippen molar-refractivity contribution in [1.82, 2.24) is 14.5 Å². The van der Waals surface area contributed by atoms with Gasteiger partial charge in [-0.15, -0.1) is 0 Å². The molecule has 0 radical (unpaired) electrons. The first-order valence-electron chi connectivity index (χ1n) is 11.3. The Balaban J connectivity index is 1.56. The topological polar surface area (TPSA) is 73.0 Å². The monoisotopic (exact) mass is 494 g/mol. The molecule has 34 heavy (non-hydrogen) atoms. The molecule has 1 fully saturated rings. The highest BCUT2D eigenvalue weighted by molar-refractivity contribution is 7.89. The SMILES string of the molecule is CC(NC(=O)CCCN(C)S(=O)(=O)c1ccc(F)cc1)c1cc(F)ccc1N1CCN(C)CC1. The highest BCUT2D eigenvalue weighted by Gasteiger charge is 2.23. The molecule has 2 aromatic rings. The first-order chi connectivity index (χ1) is 16.1. The van der Waals surface area contributed by atoms with Crippen molar-refractivity contribution in [1.29, 1.82) is 0 Å². The lowest BCUT2D eigenvalue weighted by molar-refractivity contribution is -0.121. The number of amides is 1. The van der Waals surface area contributed by atoms with E-state index in [1.165, 1.54) is 31.3 Å². The Morgan fingerprint density at radius 2 is 1.68 bits per heavy atom. The standard InChI is InChI=1S/C24H32F2N4O3S/c1-18(22-17-20(26)8-11-23(22)30-15-13-28(2)14-16-30)27-24(31)5-4-12-29(3)34(32,33)21-9-6-19(25)7-10-21/h6-11,17-18H,4-5,12-16H2,1-3H3,(H,27,31). The minimum Gasteiger partial charge on any atom is -0.369 e. The van der Waals surface area contributed by atoms with E-state index in [-0.39, 0.29) is 29.6 Å². The normalized spacial score (nSPS) is 16.0. The van der Waals surface area contributed by atoms with E-state index >= 15 is 0 Å². The van der Waals surface area contributed by atoms with E-state index in [2.05, 4.69) is 22.2 Å². The van der Waals surface area contributed by atoms with Gasteiger partial charge in [0, 0.05) is 57.4 Å². The van der Waals surface area contributed by atoms with Crippen molar-refractivity contribution in [2.24, 2.45) is 0 Å².